The third-order valence-electron chi connectivity index (χ3n) is 5.78. The van der Waals surface area contributed by atoms with Gasteiger partial charge < -0.3 is 35.9 Å². The molecule has 0 bridgehead atoms. The highest BCUT2D eigenvalue weighted by molar-refractivity contribution is 6.11. The lowest BCUT2D eigenvalue weighted by atomic mass is 10.1. The highest BCUT2D eigenvalue weighted by Gasteiger charge is 2.37. The van der Waals surface area contributed by atoms with Gasteiger partial charge in [0.2, 0.25) is 5.91 Å². The number of carboxylic acid groups (broad SMARTS) is 1. The molecular weight excluding hydrogens is 524 g/mol. The van der Waals surface area contributed by atoms with Gasteiger partial charge in [0.05, 0.1) is 43.3 Å². The van der Waals surface area contributed by atoms with E-state index in [1.54, 1.807) is 18.2 Å². The summed E-state index contributed by atoms with van der Waals surface area (Å²) in [6.07, 6.45) is 5.56. The van der Waals surface area contributed by atoms with Crippen LogP contribution in [-0.2, 0) is 28.8 Å². The van der Waals surface area contributed by atoms with E-state index in [4.69, 9.17) is 5.11 Å². The molecule has 0 unspecified atom stereocenters. The Hall–Kier alpha value is -5.11. The molecule has 1 aromatic rings. The molecule has 5 N–H and O–H groups in total. The van der Waals surface area contributed by atoms with Gasteiger partial charge in [-0.15, -0.1) is 0 Å². The molecule has 40 heavy (non-hydrogen) atoms. The van der Waals surface area contributed by atoms with Gasteiger partial charge in [-0.2, -0.15) is 0 Å². The fraction of sp³-hybridized carbons (Fsp3) is 0.269. The summed E-state index contributed by atoms with van der Waals surface area (Å²) in [4.78, 5) is 81.0. The Morgan fingerprint density at radius 2 is 1.95 bits per heavy atom. The molecule has 0 fully saturated rings. The number of fused-ring (bicyclic) bond motifs is 1. The molecule has 2 atom stereocenters. The molecule has 0 spiro atoms. The third-order valence-corrected chi connectivity index (χ3v) is 5.78. The number of anilines is 2. The highest BCUT2D eigenvalue weighted by atomic mass is 16.4. The molecule has 2 aliphatic rings. The number of benzene rings is 1. The van der Waals surface area contributed by atoms with E-state index in [-0.39, 0.29) is 36.3 Å². The number of carboxylic acids is 1. The first-order valence-electron chi connectivity index (χ1n) is 12.1. The smallest absolute Gasteiger partial charge is 0.305 e. The van der Waals surface area contributed by atoms with E-state index in [0.717, 1.165) is 9.80 Å². The maximum Gasteiger partial charge on any atom is 0.305 e. The molecule has 4 amide bonds. The average Bonchev–Trinajstić information content (AvgIpc) is 2.98. The molecule has 0 radical (unpaired) electrons. The van der Waals surface area contributed by atoms with Crippen molar-refractivity contribution in [1.82, 2.24) is 16.0 Å². The molecule has 2 heterocycles. The third kappa shape index (κ3) is 7.48. The molecule has 1 aromatic carbocycles. The van der Waals surface area contributed by atoms with Crippen molar-refractivity contribution in [2.75, 3.05) is 36.0 Å². The number of carbonyl (C=O) groups excluding carboxylic acids is 5. The fourth-order valence-electron chi connectivity index (χ4n) is 3.98. The van der Waals surface area contributed by atoms with E-state index < -0.39 is 61.3 Å². The first-order chi connectivity index (χ1) is 19.1. The number of nitrogens with one attached hydrogen (secondary N) is 3. The van der Waals surface area contributed by atoms with Crippen molar-refractivity contribution >= 4 is 53.6 Å². The maximum atomic E-state index is 13.8. The first-order valence-corrected chi connectivity index (χ1v) is 12.1. The van der Waals surface area contributed by atoms with Crippen molar-refractivity contribution in [3.05, 3.63) is 60.3 Å². The van der Waals surface area contributed by atoms with E-state index in [1.165, 1.54) is 30.6 Å². The number of hydrogen-bond donors (Lipinski definition) is 5. The van der Waals surface area contributed by atoms with Crippen molar-refractivity contribution in [2.24, 2.45) is 4.99 Å². The standard InChI is InChI=1S/C26H28N6O8/c1-16-9-17(5-4-8-27-15-28-16)25(39)30-19-11-31(23(36)14-34)20-6-2-3-7-21(20)32(26(19)40)12-22(35)29-18(13-33)10-24(37)38/h2-7,9,13,15,18-19,34H,1,8,10-12,14H2,(H,27,28)(H,29,35)(H,30,39)(H,37,38)/b5-4-,17-9+/t18-,19-/m0/s1. The molecule has 0 saturated carbocycles. The molecule has 3 rings (SSSR count). The number of aldehydes is 1. The summed E-state index contributed by atoms with van der Waals surface area (Å²) in [5, 5.41) is 26.2. The van der Waals surface area contributed by atoms with E-state index in [2.05, 4.69) is 27.5 Å². The number of aliphatic carboxylic acids is 1. The second-order valence-corrected chi connectivity index (χ2v) is 8.68. The van der Waals surface area contributed by atoms with Crippen molar-refractivity contribution in [3.63, 3.8) is 0 Å². The van der Waals surface area contributed by atoms with Crippen LogP contribution in [0.3, 0.4) is 0 Å². The zero-order valence-corrected chi connectivity index (χ0v) is 21.3. The molecule has 0 saturated heterocycles. The summed E-state index contributed by atoms with van der Waals surface area (Å²) in [7, 11) is 0. The second kappa shape index (κ2) is 13.6. The predicted molar refractivity (Wildman–Crippen MR) is 143 cm³/mol. The van der Waals surface area contributed by atoms with Crippen LogP contribution in [0, 0.1) is 0 Å². The normalized spacial score (nSPS) is 19.7. The minimum Gasteiger partial charge on any atom is -0.481 e. The largest absolute Gasteiger partial charge is 0.481 e. The zero-order chi connectivity index (χ0) is 29.2. The number of amides is 4. The number of aliphatic imine (C=N–C) groups is 1. The van der Waals surface area contributed by atoms with Gasteiger partial charge in [0, 0.05) is 11.3 Å². The van der Waals surface area contributed by atoms with E-state index in [9.17, 15) is 33.9 Å². The van der Waals surface area contributed by atoms with Gasteiger partial charge >= 0.3 is 5.97 Å². The predicted octanol–water partition coefficient (Wildman–Crippen LogP) is -1.37. The summed E-state index contributed by atoms with van der Waals surface area (Å²) >= 11 is 0. The van der Waals surface area contributed by atoms with E-state index in [1.807, 2.05) is 0 Å². The van der Waals surface area contributed by atoms with Gasteiger partial charge in [-0.05, 0) is 18.2 Å². The molecule has 210 valence electrons. The Labute approximate surface area is 228 Å². The van der Waals surface area contributed by atoms with Gasteiger partial charge in [-0.25, -0.2) is 0 Å². The number of allylic oxidation sites excluding steroid dienone is 1. The van der Waals surface area contributed by atoms with Gasteiger partial charge in [-0.3, -0.25) is 33.9 Å². The molecule has 0 aromatic heterocycles. The van der Waals surface area contributed by atoms with Crippen molar-refractivity contribution in [1.29, 1.82) is 0 Å². The SMILES string of the molecule is C=C1/C=C(C(=O)N[C@H]2CN(C(=O)CO)c3ccccc3N(CC(=O)N[C@H](C=O)CC(=O)O)C2=O)\C=C/CN=CN1. The number of nitrogens with zero attached hydrogens (tertiary/aromatic N) is 3. The maximum absolute atomic E-state index is 13.8. The topological polar surface area (TPSA) is 198 Å². The zero-order valence-electron chi connectivity index (χ0n) is 21.3. The average molecular weight is 553 g/mol. The number of hydrogen-bond acceptors (Lipinski definition) is 9. The molecule has 14 nitrogen and oxygen atoms in total. The minimum absolute atomic E-state index is 0.123. The Morgan fingerprint density at radius 1 is 1.23 bits per heavy atom. The molecule has 14 heteroatoms. The van der Waals surface area contributed by atoms with Crippen LogP contribution < -0.4 is 25.8 Å². The van der Waals surface area contributed by atoms with Crippen LogP contribution in [-0.4, -0.2) is 90.8 Å². The second-order valence-electron chi connectivity index (χ2n) is 8.68. The van der Waals surface area contributed by atoms with Gasteiger partial charge in [0.25, 0.3) is 17.7 Å². The lowest BCUT2D eigenvalue weighted by Gasteiger charge is -2.25. The van der Waals surface area contributed by atoms with E-state index >= 15 is 0 Å². The van der Waals surface area contributed by atoms with Gasteiger partial charge in [0.15, 0.2) is 0 Å². The number of aliphatic hydroxyl groups is 1. The Balaban J connectivity index is 1.96. The lowest BCUT2D eigenvalue weighted by molar-refractivity contribution is -0.139. The number of carbonyl (C=O) groups is 6. The summed E-state index contributed by atoms with van der Waals surface area (Å²) in [5.74, 6) is -4.37. The summed E-state index contributed by atoms with van der Waals surface area (Å²) in [6.45, 7) is 2.14. The van der Waals surface area contributed by atoms with Crippen molar-refractivity contribution in [3.8, 4) is 0 Å². The number of para-hydroxylation sites is 2. The minimum atomic E-state index is -1.37. The van der Waals surface area contributed by atoms with Crippen LogP contribution in [0.5, 0.6) is 0 Å². The fourth-order valence-corrected chi connectivity index (χ4v) is 3.98. The molecule has 0 aliphatic carbocycles. The van der Waals surface area contributed by atoms with Crippen molar-refractivity contribution in [2.45, 2.75) is 18.5 Å². The summed E-state index contributed by atoms with van der Waals surface area (Å²) < 4.78 is 0. The quantitative estimate of drug-likeness (QED) is 0.229. The van der Waals surface area contributed by atoms with E-state index in [0.29, 0.717) is 5.70 Å². The van der Waals surface area contributed by atoms with Crippen LogP contribution in [0.4, 0.5) is 11.4 Å². The number of rotatable bonds is 9. The van der Waals surface area contributed by atoms with Crippen LogP contribution in [0.2, 0.25) is 0 Å². The molecular formula is C26H28N6O8. The van der Waals surface area contributed by atoms with Gasteiger partial charge in [-0.1, -0.05) is 30.9 Å². The highest BCUT2D eigenvalue weighted by Crippen LogP contribution is 2.33. The Morgan fingerprint density at radius 3 is 2.62 bits per heavy atom. The lowest BCUT2D eigenvalue weighted by Crippen LogP contribution is -2.55. The van der Waals surface area contributed by atoms with Crippen LogP contribution in [0.25, 0.3) is 0 Å². The van der Waals surface area contributed by atoms with Gasteiger partial charge in [0.1, 0.15) is 25.5 Å². The van der Waals surface area contributed by atoms with Crippen LogP contribution in [0.1, 0.15) is 6.42 Å². The summed E-state index contributed by atoms with van der Waals surface area (Å²) in [6, 6.07) is 3.41. The first kappa shape index (κ1) is 29.4. The molecule has 2 aliphatic heterocycles. The number of aliphatic hydroxyl groups excluding tert-OH is 1. The van der Waals surface area contributed by atoms with Crippen molar-refractivity contribution < 1.29 is 39.0 Å². The monoisotopic (exact) mass is 552 g/mol. The van der Waals surface area contributed by atoms with Crippen LogP contribution >= 0.6 is 0 Å². The van der Waals surface area contributed by atoms with Crippen LogP contribution in [0.15, 0.2) is 65.3 Å². The Bertz CT molecular complexity index is 1300. The summed E-state index contributed by atoms with van der Waals surface area (Å²) in [5.41, 5.74) is 0.789. The Kier molecular flexibility index (Phi) is 10.0.